The minimum atomic E-state index is -1.21. The van der Waals surface area contributed by atoms with Crippen molar-refractivity contribution in [1.29, 1.82) is 0 Å². The van der Waals surface area contributed by atoms with E-state index >= 15 is 0 Å². The Labute approximate surface area is 194 Å². The average Bonchev–Trinajstić information content (AvgIpc) is 3.08. The second kappa shape index (κ2) is 9.50. The smallest absolute Gasteiger partial charge is 0.355 e. The molecule has 4 rings (SSSR count). The molecule has 0 bridgehead atoms. The standard InChI is InChI=1S/C24H22N2O6S/c1-14-13-33-18(12-26-21(27)16-10-6-7-11-17(16)22(26)28)25-19(14)23(29)32-20(24(30)31-2)15-8-4-3-5-9-15/h3-11,18,20,25H,12-13H2,1-2H3. The highest BCUT2D eigenvalue weighted by Crippen LogP contribution is 2.29. The number of nitrogens with zero attached hydrogens (tertiary/aromatic N) is 1. The molecule has 2 aliphatic heterocycles. The van der Waals surface area contributed by atoms with Gasteiger partial charge in [-0.3, -0.25) is 14.5 Å². The van der Waals surface area contributed by atoms with Gasteiger partial charge in [-0.1, -0.05) is 42.5 Å². The van der Waals surface area contributed by atoms with Crippen LogP contribution in [-0.4, -0.2) is 53.4 Å². The molecule has 2 aliphatic rings. The van der Waals surface area contributed by atoms with Crippen molar-refractivity contribution in [3.63, 3.8) is 0 Å². The molecule has 8 nitrogen and oxygen atoms in total. The molecule has 2 atom stereocenters. The van der Waals surface area contributed by atoms with Gasteiger partial charge in [-0.05, 0) is 24.6 Å². The number of carbonyl (C=O) groups excluding carboxylic acids is 4. The minimum Gasteiger partial charge on any atom is -0.466 e. The number of methoxy groups -OCH3 is 1. The number of benzene rings is 2. The largest absolute Gasteiger partial charge is 0.466 e. The van der Waals surface area contributed by atoms with E-state index in [1.165, 1.54) is 23.8 Å². The van der Waals surface area contributed by atoms with E-state index in [-0.39, 0.29) is 24.1 Å². The summed E-state index contributed by atoms with van der Waals surface area (Å²) in [5.74, 6) is -1.62. The third kappa shape index (κ3) is 4.49. The summed E-state index contributed by atoms with van der Waals surface area (Å²) >= 11 is 1.47. The van der Waals surface area contributed by atoms with Gasteiger partial charge in [0, 0.05) is 11.3 Å². The molecule has 2 heterocycles. The van der Waals surface area contributed by atoms with Crippen LogP contribution in [0, 0.1) is 0 Å². The number of ether oxygens (including phenoxy) is 2. The molecule has 0 radical (unpaired) electrons. The summed E-state index contributed by atoms with van der Waals surface area (Å²) < 4.78 is 10.3. The van der Waals surface area contributed by atoms with Crippen molar-refractivity contribution in [3.8, 4) is 0 Å². The summed E-state index contributed by atoms with van der Waals surface area (Å²) in [5.41, 5.74) is 2.18. The molecule has 0 spiro atoms. The third-order valence-electron chi connectivity index (χ3n) is 5.41. The first-order chi connectivity index (χ1) is 15.9. The molecule has 9 heteroatoms. The fourth-order valence-corrected chi connectivity index (χ4v) is 4.73. The van der Waals surface area contributed by atoms with Crippen LogP contribution in [-0.2, 0) is 19.1 Å². The van der Waals surface area contributed by atoms with Gasteiger partial charge in [-0.15, -0.1) is 11.8 Å². The van der Waals surface area contributed by atoms with Gasteiger partial charge in [0.15, 0.2) is 0 Å². The molecule has 0 saturated carbocycles. The van der Waals surface area contributed by atoms with Crippen LogP contribution < -0.4 is 5.32 Å². The highest BCUT2D eigenvalue weighted by molar-refractivity contribution is 8.00. The summed E-state index contributed by atoms with van der Waals surface area (Å²) in [6.07, 6.45) is -1.21. The maximum atomic E-state index is 13.0. The Kier molecular flexibility index (Phi) is 6.50. The summed E-state index contributed by atoms with van der Waals surface area (Å²) in [5, 5.41) is 2.67. The molecular formula is C24H22N2O6S. The lowest BCUT2D eigenvalue weighted by Crippen LogP contribution is -2.45. The molecule has 0 aliphatic carbocycles. The molecule has 2 unspecified atom stereocenters. The summed E-state index contributed by atoms with van der Waals surface area (Å²) in [6, 6.07) is 15.3. The number of esters is 2. The number of hydrogen-bond donors (Lipinski definition) is 1. The first-order valence-electron chi connectivity index (χ1n) is 10.3. The summed E-state index contributed by atoms with van der Waals surface area (Å²) in [6.45, 7) is 1.87. The molecule has 2 aromatic rings. The van der Waals surface area contributed by atoms with E-state index in [0.29, 0.717) is 22.4 Å². The fourth-order valence-electron chi connectivity index (χ4n) is 3.68. The molecular weight excluding hydrogens is 444 g/mol. The summed E-state index contributed by atoms with van der Waals surface area (Å²) in [7, 11) is 1.23. The van der Waals surface area contributed by atoms with Gasteiger partial charge in [-0.2, -0.15) is 0 Å². The Hall–Kier alpha value is -3.59. The van der Waals surface area contributed by atoms with Crippen LogP contribution in [0.2, 0.25) is 0 Å². The van der Waals surface area contributed by atoms with E-state index in [4.69, 9.17) is 9.47 Å². The second-order valence-corrected chi connectivity index (χ2v) is 8.78. The van der Waals surface area contributed by atoms with Gasteiger partial charge in [0.05, 0.1) is 30.2 Å². The van der Waals surface area contributed by atoms with E-state index in [1.807, 2.05) is 0 Å². The molecule has 0 aromatic heterocycles. The van der Waals surface area contributed by atoms with Gasteiger partial charge in [0.25, 0.3) is 11.8 Å². The van der Waals surface area contributed by atoms with Crippen LogP contribution in [0.1, 0.15) is 39.3 Å². The van der Waals surface area contributed by atoms with Gasteiger partial charge in [0.2, 0.25) is 6.10 Å². The van der Waals surface area contributed by atoms with Crippen molar-refractivity contribution in [1.82, 2.24) is 10.2 Å². The van der Waals surface area contributed by atoms with E-state index < -0.39 is 23.4 Å². The van der Waals surface area contributed by atoms with Crippen LogP contribution in [0.5, 0.6) is 0 Å². The number of amides is 2. The Morgan fingerprint density at radius 3 is 2.27 bits per heavy atom. The molecule has 1 N–H and O–H groups in total. The number of carbonyl (C=O) groups is 4. The first-order valence-corrected chi connectivity index (χ1v) is 11.3. The molecule has 170 valence electrons. The minimum absolute atomic E-state index is 0.0835. The number of nitrogens with one attached hydrogen (secondary N) is 1. The van der Waals surface area contributed by atoms with Crippen LogP contribution in [0.4, 0.5) is 0 Å². The Morgan fingerprint density at radius 1 is 1.06 bits per heavy atom. The van der Waals surface area contributed by atoms with Crippen LogP contribution in [0.15, 0.2) is 65.9 Å². The molecule has 2 aromatic carbocycles. The van der Waals surface area contributed by atoms with Crippen LogP contribution in [0.3, 0.4) is 0 Å². The van der Waals surface area contributed by atoms with Crippen molar-refractivity contribution in [3.05, 3.63) is 82.6 Å². The molecule has 2 amide bonds. The van der Waals surface area contributed by atoms with Crippen molar-refractivity contribution in [2.45, 2.75) is 18.4 Å². The zero-order chi connectivity index (χ0) is 23.5. The Morgan fingerprint density at radius 2 is 1.67 bits per heavy atom. The lowest BCUT2D eigenvalue weighted by molar-refractivity contribution is -0.164. The number of fused-ring (bicyclic) bond motifs is 1. The van der Waals surface area contributed by atoms with Gasteiger partial charge >= 0.3 is 11.9 Å². The average molecular weight is 467 g/mol. The maximum absolute atomic E-state index is 13.0. The van der Waals surface area contributed by atoms with E-state index in [1.54, 1.807) is 61.5 Å². The topological polar surface area (TPSA) is 102 Å². The molecule has 33 heavy (non-hydrogen) atoms. The number of hydrogen-bond acceptors (Lipinski definition) is 8. The highest BCUT2D eigenvalue weighted by Gasteiger charge is 2.38. The van der Waals surface area contributed by atoms with Gasteiger partial charge in [0.1, 0.15) is 5.70 Å². The van der Waals surface area contributed by atoms with Crippen LogP contribution >= 0.6 is 11.8 Å². The molecule has 0 saturated heterocycles. The van der Waals surface area contributed by atoms with Crippen LogP contribution in [0.25, 0.3) is 0 Å². The van der Waals surface area contributed by atoms with Crippen molar-refractivity contribution in [2.75, 3.05) is 19.4 Å². The normalized spacial score (nSPS) is 18.5. The third-order valence-corrected chi connectivity index (χ3v) is 6.68. The fraction of sp³-hybridized carbons (Fsp3) is 0.250. The number of thioether (sulfide) groups is 1. The quantitative estimate of drug-likeness (QED) is 0.512. The first kappa shape index (κ1) is 22.6. The van der Waals surface area contributed by atoms with Gasteiger partial charge in [-0.25, -0.2) is 9.59 Å². The van der Waals surface area contributed by atoms with Gasteiger partial charge < -0.3 is 14.8 Å². The monoisotopic (exact) mass is 466 g/mol. The lowest BCUT2D eigenvalue weighted by atomic mass is 10.1. The van der Waals surface area contributed by atoms with Crippen molar-refractivity contribution in [2.24, 2.45) is 0 Å². The number of imide groups is 1. The Bertz CT molecular complexity index is 1110. The zero-order valence-electron chi connectivity index (χ0n) is 18.1. The van der Waals surface area contributed by atoms with Crippen molar-refractivity contribution >= 4 is 35.5 Å². The second-order valence-electron chi connectivity index (χ2n) is 7.58. The lowest BCUT2D eigenvalue weighted by Gasteiger charge is -2.30. The predicted molar refractivity (Wildman–Crippen MR) is 121 cm³/mol. The molecule has 0 fully saturated rings. The SMILES string of the molecule is COC(=O)C(OC(=O)C1=C(C)CSC(CN2C(=O)c3ccccc3C2=O)N1)c1ccccc1. The van der Waals surface area contributed by atoms with E-state index in [0.717, 1.165) is 5.57 Å². The maximum Gasteiger partial charge on any atom is 0.355 e. The Balaban J connectivity index is 1.48. The predicted octanol–water partition coefficient (Wildman–Crippen LogP) is 2.68. The number of rotatable bonds is 6. The highest BCUT2D eigenvalue weighted by atomic mass is 32.2. The van der Waals surface area contributed by atoms with E-state index in [2.05, 4.69) is 5.32 Å². The zero-order valence-corrected chi connectivity index (χ0v) is 18.9. The van der Waals surface area contributed by atoms with Crippen molar-refractivity contribution < 1.29 is 28.7 Å². The summed E-state index contributed by atoms with van der Waals surface area (Å²) in [4.78, 5) is 51.8. The van der Waals surface area contributed by atoms with E-state index in [9.17, 15) is 19.2 Å².